The molecular weight excluding hydrogens is 312 g/mol. The van der Waals surface area contributed by atoms with Gasteiger partial charge in [-0.15, -0.1) is 0 Å². The summed E-state index contributed by atoms with van der Waals surface area (Å²) in [6, 6.07) is 8.25. The van der Waals surface area contributed by atoms with Gasteiger partial charge in [0.15, 0.2) is 11.5 Å². The lowest BCUT2D eigenvalue weighted by Crippen LogP contribution is -2.23. The molecule has 2 aromatic rings. The van der Waals surface area contributed by atoms with E-state index in [0.717, 1.165) is 0 Å². The van der Waals surface area contributed by atoms with E-state index in [1.807, 2.05) is 6.07 Å². The molecule has 0 aliphatic rings. The van der Waals surface area contributed by atoms with Gasteiger partial charge in [-0.3, -0.25) is 4.79 Å². The number of hydrogen-bond donors (Lipinski definition) is 2. The first-order chi connectivity index (χ1) is 11.6. The van der Waals surface area contributed by atoms with Gasteiger partial charge in [-0.2, -0.15) is 5.26 Å². The maximum absolute atomic E-state index is 12.1. The SMILES string of the molecule is COc1cc(/C=C(/C#N)C(=O)NCc2ccco2)cc(OC)c1O. The molecule has 2 rings (SSSR count). The normalized spacial score (nSPS) is 10.8. The van der Waals surface area contributed by atoms with E-state index in [1.165, 1.54) is 38.7 Å². The molecule has 1 amide bonds. The van der Waals surface area contributed by atoms with Crippen molar-refractivity contribution in [1.29, 1.82) is 5.26 Å². The molecule has 0 spiro atoms. The standard InChI is InChI=1S/C17H16N2O5/c1-22-14-7-11(8-15(23-2)16(14)20)6-12(9-18)17(21)19-10-13-4-3-5-24-13/h3-8,20H,10H2,1-2H3,(H,19,21)/b12-6-. The number of hydrogen-bond acceptors (Lipinski definition) is 6. The van der Waals surface area contributed by atoms with Gasteiger partial charge in [0.25, 0.3) is 5.91 Å². The second-order valence-electron chi connectivity index (χ2n) is 4.71. The van der Waals surface area contributed by atoms with Gasteiger partial charge in [0.05, 0.1) is 27.0 Å². The molecule has 1 aromatic heterocycles. The van der Waals surface area contributed by atoms with Crippen LogP contribution in [0, 0.1) is 11.3 Å². The molecule has 0 fully saturated rings. The molecule has 1 heterocycles. The Kier molecular flexibility index (Phi) is 5.47. The summed E-state index contributed by atoms with van der Waals surface area (Å²) in [4.78, 5) is 12.1. The topological polar surface area (TPSA) is 105 Å². The van der Waals surface area contributed by atoms with Gasteiger partial charge >= 0.3 is 0 Å². The van der Waals surface area contributed by atoms with Crippen LogP contribution in [0.5, 0.6) is 17.2 Å². The number of ether oxygens (including phenoxy) is 2. The summed E-state index contributed by atoms with van der Waals surface area (Å²) >= 11 is 0. The lowest BCUT2D eigenvalue weighted by Gasteiger charge is -2.09. The van der Waals surface area contributed by atoms with Crippen molar-refractivity contribution < 1.29 is 23.8 Å². The monoisotopic (exact) mass is 328 g/mol. The van der Waals surface area contributed by atoms with E-state index in [4.69, 9.17) is 13.9 Å². The summed E-state index contributed by atoms with van der Waals surface area (Å²) in [6.07, 6.45) is 2.87. The third-order valence-electron chi connectivity index (χ3n) is 3.18. The van der Waals surface area contributed by atoms with Crippen LogP contribution >= 0.6 is 0 Å². The van der Waals surface area contributed by atoms with E-state index in [-0.39, 0.29) is 29.4 Å². The zero-order valence-electron chi connectivity index (χ0n) is 13.2. The Labute approximate surface area is 138 Å². The molecule has 1 aromatic carbocycles. The number of carbonyl (C=O) groups is 1. The molecule has 7 nitrogen and oxygen atoms in total. The van der Waals surface area contributed by atoms with Crippen molar-refractivity contribution in [3.8, 4) is 23.3 Å². The van der Waals surface area contributed by atoms with Gasteiger partial charge in [0.2, 0.25) is 5.75 Å². The highest BCUT2D eigenvalue weighted by atomic mass is 16.5. The summed E-state index contributed by atoms with van der Waals surface area (Å²) in [7, 11) is 2.78. The highest BCUT2D eigenvalue weighted by molar-refractivity contribution is 6.01. The molecule has 0 aliphatic heterocycles. The van der Waals surface area contributed by atoms with E-state index in [0.29, 0.717) is 11.3 Å². The fraction of sp³-hybridized carbons (Fsp3) is 0.176. The number of nitrogens with one attached hydrogen (secondary N) is 1. The van der Waals surface area contributed by atoms with Gasteiger partial charge in [-0.1, -0.05) is 0 Å². The minimum absolute atomic E-state index is 0.101. The lowest BCUT2D eigenvalue weighted by atomic mass is 10.1. The fourth-order valence-electron chi connectivity index (χ4n) is 1.99. The van der Waals surface area contributed by atoms with E-state index < -0.39 is 5.91 Å². The first kappa shape index (κ1) is 17.0. The minimum Gasteiger partial charge on any atom is -0.502 e. The fourth-order valence-corrected chi connectivity index (χ4v) is 1.99. The number of carbonyl (C=O) groups excluding carboxylic acids is 1. The Balaban J connectivity index is 2.23. The van der Waals surface area contributed by atoms with Crippen LogP contribution in [0.1, 0.15) is 11.3 Å². The van der Waals surface area contributed by atoms with E-state index in [1.54, 1.807) is 12.1 Å². The maximum atomic E-state index is 12.1. The quantitative estimate of drug-likeness (QED) is 0.622. The molecule has 7 heteroatoms. The van der Waals surface area contributed by atoms with Crippen molar-refractivity contribution >= 4 is 12.0 Å². The molecule has 0 radical (unpaired) electrons. The molecule has 0 saturated heterocycles. The van der Waals surface area contributed by atoms with Gasteiger partial charge in [0, 0.05) is 0 Å². The first-order valence-corrected chi connectivity index (χ1v) is 6.96. The molecule has 0 atom stereocenters. The molecule has 0 aliphatic carbocycles. The van der Waals surface area contributed by atoms with Crippen molar-refractivity contribution in [1.82, 2.24) is 5.32 Å². The highest BCUT2D eigenvalue weighted by Crippen LogP contribution is 2.37. The second kappa shape index (κ2) is 7.74. The smallest absolute Gasteiger partial charge is 0.262 e. The van der Waals surface area contributed by atoms with E-state index >= 15 is 0 Å². The lowest BCUT2D eigenvalue weighted by molar-refractivity contribution is -0.117. The second-order valence-corrected chi connectivity index (χ2v) is 4.71. The number of nitriles is 1. The third kappa shape index (κ3) is 3.87. The third-order valence-corrected chi connectivity index (χ3v) is 3.18. The predicted molar refractivity (Wildman–Crippen MR) is 85.4 cm³/mol. The largest absolute Gasteiger partial charge is 0.502 e. The number of phenolic OH excluding ortho intramolecular Hbond substituents is 1. The van der Waals surface area contributed by atoms with Crippen LogP contribution in [0.4, 0.5) is 0 Å². The van der Waals surface area contributed by atoms with Gasteiger partial charge in [-0.25, -0.2) is 0 Å². The molecule has 0 bridgehead atoms. The zero-order valence-corrected chi connectivity index (χ0v) is 13.2. The number of aromatic hydroxyl groups is 1. The Hall–Kier alpha value is -3.40. The van der Waals surface area contributed by atoms with Crippen molar-refractivity contribution in [2.75, 3.05) is 14.2 Å². The summed E-state index contributed by atoms with van der Waals surface area (Å²) in [5, 5.41) is 21.7. The van der Waals surface area contributed by atoms with Gasteiger partial charge in [-0.05, 0) is 35.9 Å². The Morgan fingerprint density at radius 3 is 2.54 bits per heavy atom. The average Bonchev–Trinajstić information content (AvgIpc) is 3.12. The predicted octanol–water partition coefficient (Wildman–Crippen LogP) is 2.23. The van der Waals surface area contributed by atoms with E-state index in [9.17, 15) is 15.2 Å². The van der Waals surface area contributed by atoms with Crippen molar-refractivity contribution in [2.24, 2.45) is 0 Å². The average molecular weight is 328 g/mol. The molecule has 2 N–H and O–H groups in total. The number of phenols is 1. The van der Waals surface area contributed by atoms with Gasteiger partial charge in [0.1, 0.15) is 17.4 Å². The van der Waals surface area contributed by atoms with Crippen LogP contribution in [0.3, 0.4) is 0 Å². The van der Waals surface area contributed by atoms with Gasteiger partial charge < -0.3 is 24.3 Å². The van der Waals surface area contributed by atoms with Crippen molar-refractivity contribution in [3.05, 3.63) is 47.4 Å². The minimum atomic E-state index is -0.542. The molecule has 24 heavy (non-hydrogen) atoms. The summed E-state index contributed by atoms with van der Waals surface area (Å²) in [5.74, 6) is 0.231. The Morgan fingerprint density at radius 1 is 1.38 bits per heavy atom. The highest BCUT2D eigenvalue weighted by Gasteiger charge is 2.13. The van der Waals surface area contributed by atoms with Crippen LogP contribution in [0.15, 0.2) is 40.5 Å². The van der Waals surface area contributed by atoms with Crippen LogP contribution in [0.25, 0.3) is 6.08 Å². The van der Waals surface area contributed by atoms with E-state index in [2.05, 4.69) is 5.32 Å². The Bertz CT molecular complexity index is 763. The molecular formula is C17H16N2O5. The summed E-state index contributed by atoms with van der Waals surface area (Å²) < 4.78 is 15.2. The number of benzene rings is 1. The molecule has 0 unspecified atom stereocenters. The zero-order chi connectivity index (χ0) is 17.5. The Morgan fingerprint density at radius 2 is 2.04 bits per heavy atom. The number of methoxy groups -OCH3 is 2. The number of furan rings is 1. The molecule has 0 saturated carbocycles. The maximum Gasteiger partial charge on any atom is 0.262 e. The van der Waals surface area contributed by atoms with Crippen LogP contribution in [-0.2, 0) is 11.3 Å². The van der Waals surface area contributed by atoms with Crippen molar-refractivity contribution in [3.63, 3.8) is 0 Å². The van der Waals surface area contributed by atoms with Crippen LogP contribution in [-0.4, -0.2) is 25.2 Å². The molecule has 124 valence electrons. The number of nitrogens with zero attached hydrogens (tertiary/aromatic N) is 1. The van der Waals surface area contributed by atoms with Crippen molar-refractivity contribution in [2.45, 2.75) is 6.54 Å². The van der Waals surface area contributed by atoms with Crippen LogP contribution in [0.2, 0.25) is 0 Å². The summed E-state index contributed by atoms with van der Waals surface area (Å²) in [5.41, 5.74) is 0.377. The summed E-state index contributed by atoms with van der Waals surface area (Å²) in [6.45, 7) is 0.174. The van der Waals surface area contributed by atoms with Crippen LogP contribution < -0.4 is 14.8 Å². The number of rotatable bonds is 6. The first-order valence-electron chi connectivity index (χ1n) is 6.96. The number of amides is 1.